The normalized spacial score (nSPS) is 18.2. The molecule has 2 heteroatoms. The molecular formula is C32H49NO. The highest BCUT2D eigenvalue weighted by atomic mass is 16.5. The van der Waals surface area contributed by atoms with Crippen molar-refractivity contribution in [3.8, 4) is 17.0 Å². The minimum atomic E-state index is 0.812. The fourth-order valence-electron chi connectivity index (χ4n) is 5.40. The van der Waals surface area contributed by atoms with Crippen molar-refractivity contribution in [3.63, 3.8) is 0 Å². The van der Waals surface area contributed by atoms with Gasteiger partial charge in [0.1, 0.15) is 5.75 Å². The summed E-state index contributed by atoms with van der Waals surface area (Å²) in [5.41, 5.74) is 3.60. The molecule has 188 valence electrons. The Labute approximate surface area is 209 Å². The van der Waals surface area contributed by atoms with Crippen LogP contribution in [0.1, 0.15) is 116 Å². The predicted molar refractivity (Wildman–Crippen MR) is 146 cm³/mol. The molecule has 0 N–H and O–H groups in total. The highest BCUT2D eigenvalue weighted by molar-refractivity contribution is 5.60. The summed E-state index contributed by atoms with van der Waals surface area (Å²) in [6.07, 6.45) is 24.0. The molecule has 1 heterocycles. The van der Waals surface area contributed by atoms with Crippen molar-refractivity contribution in [2.45, 2.75) is 117 Å². The Morgan fingerprint density at radius 2 is 1.35 bits per heavy atom. The SMILES string of the molecule is CCCCCCC[C@H]1CC[C@H](CCc2ccc(-c3ccc(OCCCCCC)cc3)nc2)CC1. The van der Waals surface area contributed by atoms with E-state index in [0.29, 0.717) is 0 Å². The average molecular weight is 464 g/mol. The first kappa shape index (κ1) is 26.8. The van der Waals surface area contributed by atoms with Gasteiger partial charge in [-0.25, -0.2) is 0 Å². The Bertz CT molecular complexity index is 759. The molecule has 0 spiro atoms. The number of benzene rings is 1. The van der Waals surface area contributed by atoms with Crippen LogP contribution in [0.2, 0.25) is 0 Å². The van der Waals surface area contributed by atoms with Crippen molar-refractivity contribution in [1.29, 1.82) is 0 Å². The van der Waals surface area contributed by atoms with Gasteiger partial charge in [-0.2, -0.15) is 0 Å². The van der Waals surface area contributed by atoms with Crippen LogP contribution >= 0.6 is 0 Å². The van der Waals surface area contributed by atoms with E-state index in [-0.39, 0.29) is 0 Å². The summed E-state index contributed by atoms with van der Waals surface area (Å²) in [5, 5.41) is 0. The van der Waals surface area contributed by atoms with Crippen LogP contribution in [0.15, 0.2) is 42.6 Å². The smallest absolute Gasteiger partial charge is 0.119 e. The van der Waals surface area contributed by atoms with Gasteiger partial charge in [-0.05, 0) is 67.0 Å². The van der Waals surface area contributed by atoms with Crippen LogP contribution in [0.5, 0.6) is 5.75 Å². The number of ether oxygens (including phenoxy) is 1. The number of hydrogen-bond donors (Lipinski definition) is 0. The first-order valence-corrected chi connectivity index (χ1v) is 14.5. The van der Waals surface area contributed by atoms with Gasteiger partial charge >= 0.3 is 0 Å². The molecule has 0 bridgehead atoms. The first-order chi connectivity index (χ1) is 16.8. The standard InChI is InChI=1S/C32H49NO/c1-3-5-7-9-10-12-27-13-15-28(16-14-27)17-18-29-19-24-32(33-26-29)30-20-22-31(23-21-30)34-25-11-8-6-4-2/h19-24,26-28H,3-18,25H2,1-2H3/t27-,28-. The van der Waals surface area contributed by atoms with Gasteiger partial charge in [0, 0.05) is 11.8 Å². The van der Waals surface area contributed by atoms with E-state index in [2.05, 4.69) is 56.4 Å². The molecule has 1 aromatic carbocycles. The maximum absolute atomic E-state index is 5.87. The van der Waals surface area contributed by atoms with Gasteiger partial charge in [0.15, 0.2) is 0 Å². The molecule has 1 aromatic heterocycles. The zero-order chi connectivity index (χ0) is 23.8. The van der Waals surface area contributed by atoms with Crippen LogP contribution in [0, 0.1) is 11.8 Å². The fraction of sp³-hybridized carbons (Fsp3) is 0.656. The second-order valence-corrected chi connectivity index (χ2v) is 10.6. The van der Waals surface area contributed by atoms with E-state index in [1.807, 2.05) is 0 Å². The molecule has 3 rings (SSSR count). The lowest BCUT2D eigenvalue weighted by Crippen LogP contribution is -2.15. The lowest BCUT2D eigenvalue weighted by Gasteiger charge is -2.28. The zero-order valence-electron chi connectivity index (χ0n) is 22.1. The number of rotatable bonds is 16. The summed E-state index contributed by atoms with van der Waals surface area (Å²) in [6, 6.07) is 12.9. The van der Waals surface area contributed by atoms with Gasteiger partial charge in [-0.15, -0.1) is 0 Å². The highest BCUT2D eigenvalue weighted by Crippen LogP contribution is 2.34. The molecular weight excluding hydrogens is 414 g/mol. The Balaban J connectivity index is 1.33. The average Bonchev–Trinajstić information content (AvgIpc) is 2.89. The summed E-state index contributed by atoms with van der Waals surface area (Å²) in [5.74, 6) is 2.89. The Hall–Kier alpha value is -1.83. The van der Waals surface area contributed by atoms with Crippen molar-refractivity contribution in [2.75, 3.05) is 6.61 Å². The number of pyridine rings is 1. The molecule has 1 fully saturated rings. The molecule has 1 saturated carbocycles. The molecule has 2 aromatic rings. The van der Waals surface area contributed by atoms with E-state index in [1.165, 1.54) is 102 Å². The van der Waals surface area contributed by atoms with Gasteiger partial charge < -0.3 is 4.74 Å². The summed E-state index contributed by atoms with van der Waals surface area (Å²) in [7, 11) is 0. The van der Waals surface area contributed by atoms with Crippen molar-refractivity contribution >= 4 is 0 Å². The molecule has 2 nitrogen and oxygen atoms in total. The van der Waals surface area contributed by atoms with Crippen molar-refractivity contribution in [1.82, 2.24) is 4.98 Å². The maximum Gasteiger partial charge on any atom is 0.119 e. The Morgan fingerprint density at radius 3 is 2.00 bits per heavy atom. The van der Waals surface area contributed by atoms with Crippen molar-refractivity contribution in [3.05, 3.63) is 48.2 Å². The summed E-state index contributed by atoms with van der Waals surface area (Å²) >= 11 is 0. The third kappa shape index (κ3) is 9.80. The molecule has 0 radical (unpaired) electrons. The second kappa shape index (κ2) is 16.0. The van der Waals surface area contributed by atoms with Crippen molar-refractivity contribution < 1.29 is 4.74 Å². The maximum atomic E-state index is 5.87. The van der Waals surface area contributed by atoms with Crippen LogP contribution < -0.4 is 4.74 Å². The van der Waals surface area contributed by atoms with E-state index in [9.17, 15) is 0 Å². The first-order valence-electron chi connectivity index (χ1n) is 14.5. The van der Waals surface area contributed by atoms with Crippen LogP contribution in [-0.2, 0) is 6.42 Å². The molecule has 0 saturated heterocycles. The highest BCUT2D eigenvalue weighted by Gasteiger charge is 2.20. The fourth-order valence-corrected chi connectivity index (χ4v) is 5.40. The van der Waals surface area contributed by atoms with Gasteiger partial charge in [-0.3, -0.25) is 4.98 Å². The quantitative estimate of drug-likeness (QED) is 0.231. The van der Waals surface area contributed by atoms with E-state index in [4.69, 9.17) is 9.72 Å². The summed E-state index contributed by atoms with van der Waals surface area (Å²) in [4.78, 5) is 4.76. The van der Waals surface area contributed by atoms with Gasteiger partial charge in [-0.1, -0.05) is 103 Å². The Kier molecular flexibility index (Phi) is 12.6. The van der Waals surface area contributed by atoms with Crippen LogP contribution in [0.4, 0.5) is 0 Å². The lowest BCUT2D eigenvalue weighted by atomic mass is 9.78. The van der Waals surface area contributed by atoms with Crippen LogP contribution in [-0.4, -0.2) is 11.6 Å². The molecule has 0 atom stereocenters. The number of nitrogens with zero attached hydrogens (tertiary/aromatic N) is 1. The minimum absolute atomic E-state index is 0.812. The Morgan fingerprint density at radius 1 is 0.706 bits per heavy atom. The molecule has 34 heavy (non-hydrogen) atoms. The van der Waals surface area contributed by atoms with Gasteiger partial charge in [0.25, 0.3) is 0 Å². The van der Waals surface area contributed by atoms with E-state index < -0.39 is 0 Å². The number of unbranched alkanes of at least 4 members (excludes halogenated alkanes) is 7. The third-order valence-electron chi connectivity index (χ3n) is 7.76. The minimum Gasteiger partial charge on any atom is -0.494 e. The van der Waals surface area contributed by atoms with Crippen LogP contribution in [0.25, 0.3) is 11.3 Å². The summed E-state index contributed by atoms with van der Waals surface area (Å²) in [6.45, 7) is 5.35. The van der Waals surface area contributed by atoms with Crippen molar-refractivity contribution in [2.24, 2.45) is 11.8 Å². The topological polar surface area (TPSA) is 22.1 Å². The zero-order valence-corrected chi connectivity index (χ0v) is 22.1. The second-order valence-electron chi connectivity index (χ2n) is 10.6. The molecule has 0 aliphatic heterocycles. The predicted octanol–water partition coefficient (Wildman–Crippen LogP) is 9.81. The molecule has 0 amide bonds. The summed E-state index contributed by atoms with van der Waals surface area (Å²) < 4.78 is 5.87. The number of aromatic nitrogens is 1. The monoisotopic (exact) mass is 463 g/mol. The number of aryl methyl sites for hydroxylation is 1. The number of hydrogen-bond acceptors (Lipinski definition) is 2. The van der Waals surface area contributed by atoms with E-state index in [1.54, 1.807) is 0 Å². The van der Waals surface area contributed by atoms with Gasteiger partial charge in [0.05, 0.1) is 12.3 Å². The largest absolute Gasteiger partial charge is 0.494 e. The molecule has 0 unspecified atom stereocenters. The molecule has 1 aliphatic carbocycles. The van der Waals surface area contributed by atoms with E-state index >= 15 is 0 Å². The molecule has 1 aliphatic rings. The lowest BCUT2D eigenvalue weighted by molar-refractivity contribution is 0.248. The van der Waals surface area contributed by atoms with Gasteiger partial charge in [0.2, 0.25) is 0 Å². The van der Waals surface area contributed by atoms with Crippen LogP contribution in [0.3, 0.4) is 0 Å². The third-order valence-corrected chi connectivity index (χ3v) is 7.76. The van der Waals surface area contributed by atoms with E-state index in [0.717, 1.165) is 41.9 Å².